The van der Waals surface area contributed by atoms with E-state index in [1.807, 2.05) is 0 Å². The first-order valence-electron chi connectivity index (χ1n) is 6.85. The second-order valence-corrected chi connectivity index (χ2v) is 5.38. The Morgan fingerprint density at radius 2 is 2.05 bits per heavy atom. The minimum atomic E-state index is -0.945. The summed E-state index contributed by atoms with van der Waals surface area (Å²) < 4.78 is 5.35. The van der Waals surface area contributed by atoms with E-state index in [9.17, 15) is 14.4 Å². The van der Waals surface area contributed by atoms with E-state index in [0.29, 0.717) is 17.9 Å². The van der Waals surface area contributed by atoms with Gasteiger partial charge in [0.1, 0.15) is 5.75 Å². The quantitative estimate of drug-likeness (QED) is 0.811. The van der Waals surface area contributed by atoms with Crippen molar-refractivity contribution in [1.29, 1.82) is 0 Å². The lowest BCUT2D eigenvalue weighted by Crippen LogP contribution is -2.27. The number of nitrogens with zero attached hydrogens (tertiary/aromatic N) is 1. The van der Waals surface area contributed by atoms with Crippen molar-refractivity contribution in [2.75, 3.05) is 26.0 Å². The van der Waals surface area contributed by atoms with E-state index in [1.165, 1.54) is 4.90 Å². The Labute approximate surface area is 127 Å². The average Bonchev–Trinajstić information content (AvgIpc) is 3.25. The van der Waals surface area contributed by atoms with Gasteiger partial charge in [-0.05, 0) is 18.6 Å². The van der Waals surface area contributed by atoms with Crippen LogP contribution in [0.5, 0.6) is 5.75 Å². The van der Waals surface area contributed by atoms with Crippen LogP contribution in [0.4, 0.5) is 5.69 Å². The number of carboxylic acids is 1. The molecule has 1 aliphatic rings. The summed E-state index contributed by atoms with van der Waals surface area (Å²) in [7, 11) is 3.27. The molecule has 2 unspecified atom stereocenters. The predicted molar refractivity (Wildman–Crippen MR) is 78.5 cm³/mol. The van der Waals surface area contributed by atoms with Gasteiger partial charge in [0.15, 0.2) is 6.61 Å². The minimum Gasteiger partial charge on any atom is -0.484 e. The molecule has 22 heavy (non-hydrogen) atoms. The molecule has 1 aliphatic carbocycles. The van der Waals surface area contributed by atoms with Crippen LogP contribution in [0.15, 0.2) is 24.3 Å². The molecule has 0 radical (unpaired) electrons. The standard InChI is InChI=1S/C15H18N2O5/c1-17(2)13(18)8-22-10-5-3-4-9(6-10)16-14(19)11-7-12(11)15(20)21/h3-6,11-12H,7-8H2,1-2H3,(H,16,19)(H,20,21). The summed E-state index contributed by atoms with van der Waals surface area (Å²) in [6.45, 7) is -0.0892. The molecule has 2 N–H and O–H groups in total. The normalized spacial score (nSPS) is 19.2. The van der Waals surface area contributed by atoms with Crippen LogP contribution in [-0.2, 0) is 14.4 Å². The number of rotatable bonds is 6. The molecule has 7 heteroatoms. The van der Waals surface area contributed by atoms with E-state index in [4.69, 9.17) is 9.84 Å². The third-order valence-corrected chi connectivity index (χ3v) is 3.41. The molecule has 2 atom stereocenters. The first-order valence-corrected chi connectivity index (χ1v) is 6.85. The number of nitrogens with one attached hydrogen (secondary N) is 1. The number of likely N-dealkylation sites (N-methyl/N-ethyl adjacent to an activating group) is 1. The highest BCUT2D eigenvalue weighted by Gasteiger charge is 2.48. The second-order valence-electron chi connectivity index (χ2n) is 5.38. The maximum atomic E-state index is 11.9. The van der Waals surface area contributed by atoms with E-state index < -0.39 is 17.8 Å². The van der Waals surface area contributed by atoms with Gasteiger partial charge in [0.05, 0.1) is 11.8 Å². The van der Waals surface area contributed by atoms with Crippen molar-refractivity contribution in [2.24, 2.45) is 11.8 Å². The number of carbonyl (C=O) groups is 3. The molecule has 2 amide bonds. The molecule has 118 valence electrons. The molecule has 2 rings (SSSR count). The van der Waals surface area contributed by atoms with E-state index in [1.54, 1.807) is 38.4 Å². The Kier molecular flexibility index (Phi) is 4.65. The molecule has 0 heterocycles. The number of ether oxygens (including phenoxy) is 1. The van der Waals surface area contributed by atoms with Crippen LogP contribution in [0.25, 0.3) is 0 Å². The topological polar surface area (TPSA) is 95.9 Å². The molecule has 0 aromatic heterocycles. The number of anilines is 1. The van der Waals surface area contributed by atoms with Crippen molar-refractivity contribution in [2.45, 2.75) is 6.42 Å². The lowest BCUT2D eigenvalue weighted by atomic mass is 10.2. The van der Waals surface area contributed by atoms with Gasteiger partial charge in [0.25, 0.3) is 5.91 Å². The molecule has 1 saturated carbocycles. The minimum absolute atomic E-state index is 0.0892. The van der Waals surface area contributed by atoms with Gasteiger partial charge >= 0.3 is 5.97 Å². The Hall–Kier alpha value is -2.57. The number of hydrogen-bond donors (Lipinski definition) is 2. The Balaban J connectivity index is 1.90. The third kappa shape index (κ3) is 3.97. The molecule has 7 nitrogen and oxygen atoms in total. The largest absolute Gasteiger partial charge is 0.484 e. The molecule has 0 aliphatic heterocycles. The van der Waals surface area contributed by atoms with E-state index in [0.717, 1.165) is 0 Å². The number of amides is 2. The molecule has 0 bridgehead atoms. The highest BCUT2D eigenvalue weighted by atomic mass is 16.5. The summed E-state index contributed by atoms with van der Waals surface area (Å²) in [4.78, 5) is 35.5. The highest BCUT2D eigenvalue weighted by molar-refractivity contribution is 5.98. The Morgan fingerprint density at radius 3 is 2.64 bits per heavy atom. The van der Waals surface area contributed by atoms with Crippen molar-refractivity contribution in [3.8, 4) is 5.75 Å². The molecule has 0 spiro atoms. The monoisotopic (exact) mass is 306 g/mol. The van der Waals surface area contributed by atoms with Crippen molar-refractivity contribution in [1.82, 2.24) is 4.90 Å². The van der Waals surface area contributed by atoms with Gasteiger partial charge in [0.2, 0.25) is 5.91 Å². The molecular weight excluding hydrogens is 288 g/mol. The summed E-state index contributed by atoms with van der Waals surface area (Å²) in [5, 5.41) is 11.5. The second kappa shape index (κ2) is 6.46. The number of carbonyl (C=O) groups excluding carboxylic acids is 2. The summed E-state index contributed by atoms with van der Waals surface area (Å²) in [6.07, 6.45) is 0.370. The van der Waals surface area contributed by atoms with Crippen LogP contribution in [0.2, 0.25) is 0 Å². The number of aliphatic carboxylic acids is 1. The van der Waals surface area contributed by atoms with Crippen molar-refractivity contribution < 1.29 is 24.2 Å². The van der Waals surface area contributed by atoms with Crippen LogP contribution >= 0.6 is 0 Å². The van der Waals surface area contributed by atoms with E-state index in [2.05, 4.69) is 5.32 Å². The smallest absolute Gasteiger partial charge is 0.307 e. The highest BCUT2D eigenvalue weighted by Crippen LogP contribution is 2.39. The zero-order valence-electron chi connectivity index (χ0n) is 12.4. The molecule has 1 aromatic carbocycles. The van der Waals surface area contributed by atoms with Crippen LogP contribution in [0, 0.1) is 11.8 Å². The first-order chi connectivity index (χ1) is 10.4. The fourth-order valence-corrected chi connectivity index (χ4v) is 1.93. The van der Waals surface area contributed by atoms with Crippen LogP contribution in [-0.4, -0.2) is 48.5 Å². The maximum Gasteiger partial charge on any atom is 0.307 e. The van der Waals surface area contributed by atoms with Gasteiger partial charge < -0.3 is 20.1 Å². The van der Waals surface area contributed by atoms with E-state index in [-0.39, 0.29) is 18.4 Å². The van der Waals surface area contributed by atoms with Gasteiger partial charge in [-0.2, -0.15) is 0 Å². The fraction of sp³-hybridized carbons (Fsp3) is 0.400. The number of hydrogen-bond acceptors (Lipinski definition) is 4. The van der Waals surface area contributed by atoms with Crippen molar-refractivity contribution >= 4 is 23.5 Å². The maximum absolute atomic E-state index is 11.9. The Bertz CT molecular complexity index is 599. The van der Waals surface area contributed by atoms with E-state index >= 15 is 0 Å². The molecular formula is C15H18N2O5. The van der Waals surface area contributed by atoms with Crippen LogP contribution < -0.4 is 10.1 Å². The molecule has 1 fully saturated rings. The van der Waals surface area contributed by atoms with Gasteiger partial charge in [-0.3, -0.25) is 14.4 Å². The number of carboxylic acid groups (broad SMARTS) is 1. The SMILES string of the molecule is CN(C)C(=O)COc1cccc(NC(=O)C2CC2C(=O)O)c1. The predicted octanol–water partition coefficient (Wildman–Crippen LogP) is 0.813. The number of benzene rings is 1. The van der Waals surface area contributed by atoms with Gasteiger partial charge in [-0.25, -0.2) is 0 Å². The zero-order chi connectivity index (χ0) is 16.3. The van der Waals surface area contributed by atoms with Crippen LogP contribution in [0.3, 0.4) is 0 Å². The zero-order valence-corrected chi connectivity index (χ0v) is 12.4. The van der Waals surface area contributed by atoms with Crippen molar-refractivity contribution in [3.63, 3.8) is 0 Å². The van der Waals surface area contributed by atoms with Gasteiger partial charge in [-0.15, -0.1) is 0 Å². The van der Waals surface area contributed by atoms with Crippen molar-refractivity contribution in [3.05, 3.63) is 24.3 Å². The molecule has 1 aromatic rings. The Morgan fingerprint density at radius 1 is 1.32 bits per heavy atom. The summed E-state index contributed by atoms with van der Waals surface area (Å²) in [6, 6.07) is 6.64. The average molecular weight is 306 g/mol. The van der Waals surface area contributed by atoms with Crippen LogP contribution in [0.1, 0.15) is 6.42 Å². The first kappa shape index (κ1) is 15.8. The third-order valence-electron chi connectivity index (χ3n) is 3.41. The van der Waals surface area contributed by atoms with Gasteiger partial charge in [0, 0.05) is 25.8 Å². The lowest BCUT2D eigenvalue weighted by Gasteiger charge is -2.12. The van der Waals surface area contributed by atoms with Gasteiger partial charge in [-0.1, -0.05) is 6.07 Å². The summed E-state index contributed by atoms with van der Waals surface area (Å²) in [5.41, 5.74) is 0.510. The summed E-state index contributed by atoms with van der Waals surface area (Å²) >= 11 is 0. The lowest BCUT2D eigenvalue weighted by molar-refractivity contribution is -0.139. The fourth-order valence-electron chi connectivity index (χ4n) is 1.93. The molecule has 0 saturated heterocycles. The summed E-state index contributed by atoms with van der Waals surface area (Å²) in [5.74, 6) is -2.03.